The van der Waals surface area contributed by atoms with Gasteiger partial charge in [-0.15, -0.1) is 0 Å². The highest BCUT2D eigenvalue weighted by Crippen LogP contribution is 2.22. The zero-order valence-electron chi connectivity index (χ0n) is 19.3. The van der Waals surface area contributed by atoms with Crippen LogP contribution >= 0.6 is 0 Å². The van der Waals surface area contributed by atoms with Crippen molar-refractivity contribution in [3.63, 3.8) is 0 Å². The van der Waals surface area contributed by atoms with E-state index in [1.807, 2.05) is 20.9 Å². The van der Waals surface area contributed by atoms with E-state index in [9.17, 15) is 0 Å². The van der Waals surface area contributed by atoms with Gasteiger partial charge in [0.1, 0.15) is 5.76 Å². The predicted molar refractivity (Wildman–Crippen MR) is 125 cm³/mol. The van der Waals surface area contributed by atoms with Gasteiger partial charge in [0.25, 0.3) is 0 Å². The van der Waals surface area contributed by atoms with Crippen molar-refractivity contribution < 1.29 is 4.42 Å². The molecule has 2 aliphatic heterocycles. The van der Waals surface area contributed by atoms with E-state index in [0.29, 0.717) is 11.8 Å². The Kier molecular flexibility index (Phi) is 7.28. The molecule has 2 fully saturated rings. The lowest BCUT2D eigenvalue weighted by Crippen LogP contribution is -2.44. The molecule has 1 aromatic carbocycles. The summed E-state index contributed by atoms with van der Waals surface area (Å²) in [6.45, 7) is 10.2. The number of hydrogen-bond acceptors (Lipinski definition) is 4. The summed E-state index contributed by atoms with van der Waals surface area (Å²) in [7, 11) is 1.91. The molecule has 1 N–H and O–H groups in total. The van der Waals surface area contributed by atoms with Crippen LogP contribution in [0.5, 0.6) is 0 Å². The zero-order chi connectivity index (χ0) is 21.6. The summed E-state index contributed by atoms with van der Waals surface area (Å²) in [5, 5.41) is 3.67. The predicted octanol–water partition coefficient (Wildman–Crippen LogP) is 3.64. The molecule has 31 heavy (non-hydrogen) atoms. The van der Waals surface area contributed by atoms with E-state index in [1.54, 1.807) is 0 Å². The number of guanidine groups is 1. The van der Waals surface area contributed by atoms with Crippen LogP contribution in [0.2, 0.25) is 0 Å². The van der Waals surface area contributed by atoms with Crippen LogP contribution in [-0.4, -0.2) is 60.5 Å². The summed E-state index contributed by atoms with van der Waals surface area (Å²) in [5.74, 6) is 4.28. The molecule has 6 nitrogen and oxygen atoms in total. The first kappa shape index (κ1) is 21.9. The maximum absolute atomic E-state index is 5.75. The summed E-state index contributed by atoms with van der Waals surface area (Å²) in [4.78, 5) is 14.0. The van der Waals surface area contributed by atoms with Gasteiger partial charge in [-0.3, -0.25) is 9.89 Å². The van der Waals surface area contributed by atoms with Crippen LogP contribution in [-0.2, 0) is 13.0 Å². The van der Waals surface area contributed by atoms with E-state index in [2.05, 4.69) is 55.4 Å². The lowest BCUT2D eigenvalue weighted by molar-refractivity contribution is 0.163. The molecule has 168 valence electrons. The van der Waals surface area contributed by atoms with Gasteiger partial charge >= 0.3 is 0 Å². The van der Waals surface area contributed by atoms with Crippen LogP contribution in [0.1, 0.15) is 42.2 Å². The number of aromatic nitrogens is 1. The third kappa shape index (κ3) is 5.88. The number of oxazole rings is 1. The number of nitrogens with zero attached hydrogens (tertiary/aromatic N) is 4. The molecule has 0 amide bonds. The highest BCUT2D eigenvalue weighted by atomic mass is 16.4. The maximum atomic E-state index is 5.75. The molecule has 0 radical (unpaired) electrons. The minimum atomic E-state index is 0.698. The first-order chi connectivity index (χ1) is 15.1. The van der Waals surface area contributed by atoms with Crippen molar-refractivity contribution in [2.45, 2.75) is 46.1 Å². The fourth-order valence-electron chi connectivity index (χ4n) is 4.85. The highest BCUT2D eigenvalue weighted by molar-refractivity contribution is 5.80. The van der Waals surface area contributed by atoms with Crippen molar-refractivity contribution in [3.8, 4) is 0 Å². The number of hydrogen-bond donors (Lipinski definition) is 1. The van der Waals surface area contributed by atoms with Crippen LogP contribution in [0, 0.1) is 25.7 Å². The van der Waals surface area contributed by atoms with E-state index in [0.717, 1.165) is 69.0 Å². The van der Waals surface area contributed by atoms with Crippen molar-refractivity contribution in [2.24, 2.45) is 16.8 Å². The number of likely N-dealkylation sites (tertiary alicyclic amines) is 2. The SMILES string of the molecule is CN=C(NCC1CCN(Cc2nc(C)c(C)o2)CC1)N1CCC(Cc2ccccc2)C1. The molecule has 0 bridgehead atoms. The van der Waals surface area contributed by atoms with Crippen LogP contribution in [0.15, 0.2) is 39.7 Å². The van der Waals surface area contributed by atoms with E-state index >= 15 is 0 Å². The Morgan fingerprint density at radius 2 is 1.84 bits per heavy atom. The van der Waals surface area contributed by atoms with Gasteiger partial charge in [-0.25, -0.2) is 4.98 Å². The summed E-state index contributed by atoms with van der Waals surface area (Å²) in [6.07, 6.45) is 4.82. The normalized spacial score (nSPS) is 21.1. The fourth-order valence-corrected chi connectivity index (χ4v) is 4.85. The second-order valence-corrected chi connectivity index (χ2v) is 9.19. The number of piperidine rings is 1. The fraction of sp³-hybridized carbons (Fsp3) is 0.600. The zero-order valence-corrected chi connectivity index (χ0v) is 19.3. The average Bonchev–Trinajstić information content (AvgIpc) is 3.36. The number of benzene rings is 1. The molecule has 1 aromatic heterocycles. The summed E-state index contributed by atoms with van der Waals surface area (Å²) >= 11 is 0. The molecule has 2 aromatic rings. The van der Waals surface area contributed by atoms with Gasteiger partial charge in [0.2, 0.25) is 5.89 Å². The van der Waals surface area contributed by atoms with Crippen LogP contribution in [0.4, 0.5) is 0 Å². The lowest BCUT2D eigenvalue weighted by Gasteiger charge is -2.32. The Balaban J connectivity index is 1.18. The monoisotopic (exact) mass is 423 g/mol. The topological polar surface area (TPSA) is 56.9 Å². The third-order valence-corrected chi connectivity index (χ3v) is 6.85. The Hall–Kier alpha value is -2.34. The molecule has 4 rings (SSSR count). The van der Waals surface area contributed by atoms with E-state index in [1.165, 1.54) is 24.8 Å². The summed E-state index contributed by atoms with van der Waals surface area (Å²) in [5.41, 5.74) is 2.45. The molecule has 6 heteroatoms. The van der Waals surface area contributed by atoms with Crippen molar-refractivity contribution in [1.29, 1.82) is 0 Å². The molecular weight excluding hydrogens is 386 g/mol. The highest BCUT2D eigenvalue weighted by Gasteiger charge is 2.26. The molecule has 1 unspecified atom stereocenters. The Morgan fingerprint density at radius 3 is 2.52 bits per heavy atom. The molecule has 2 saturated heterocycles. The molecule has 0 aliphatic carbocycles. The molecule has 2 aliphatic rings. The lowest BCUT2D eigenvalue weighted by atomic mass is 9.97. The largest absolute Gasteiger partial charge is 0.444 e. The number of aryl methyl sites for hydroxylation is 2. The first-order valence-electron chi connectivity index (χ1n) is 11.8. The maximum Gasteiger partial charge on any atom is 0.208 e. The van der Waals surface area contributed by atoms with Gasteiger partial charge in [-0.05, 0) is 70.0 Å². The Morgan fingerprint density at radius 1 is 1.10 bits per heavy atom. The number of aliphatic imine (C=N–C) groups is 1. The summed E-state index contributed by atoms with van der Waals surface area (Å²) < 4.78 is 5.75. The van der Waals surface area contributed by atoms with Gasteiger partial charge in [0.05, 0.1) is 12.2 Å². The Labute approximate surface area is 186 Å². The molecule has 0 saturated carbocycles. The number of nitrogens with one attached hydrogen (secondary N) is 1. The minimum absolute atomic E-state index is 0.698. The van der Waals surface area contributed by atoms with Crippen LogP contribution in [0.3, 0.4) is 0 Å². The van der Waals surface area contributed by atoms with Gasteiger partial charge in [-0.1, -0.05) is 30.3 Å². The molecular formula is C25H37N5O. The molecule has 1 atom stereocenters. The first-order valence-corrected chi connectivity index (χ1v) is 11.8. The second-order valence-electron chi connectivity index (χ2n) is 9.19. The standard InChI is InChI=1S/C25H37N5O/c1-19-20(2)31-24(28-19)18-29-12-9-22(10-13-29)16-27-25(26-3)30-14-11-23(17-30)15-21-7-5-4-6-8-21/h4-8,22-23H,9-18H2,1-3H3,(H,26,27). The molecule has 3 heterocycles. The van der Waals surface area contributed by atoms with E-state index < -0.39 is 0 Å². The van der Waals surface area contributed by atoms with Gasteiger partial charge in [0, 0.05) is 26.7 Å². The minimum Gasteiger partial charge on any atom is -0.444 e. The third-order valence-electron chi connectivity index (χ3n) is 6.85. The van der Waals surface area contributed by atoms with Crippen LogP contribution in [0.25, 0.3) is 0 Å². The second kappa shape index (κ2) is 10.3. The van der Waals surface area contributed by atoms with Gasteiger partial charge in [0.15, 0.2) is 5.96 Å². The van der Waals surface area contributed by atoms with Crippen molar-refractivity contribution in [3.05, 3.63) is 53.2 Å². The van der Waals surface area contributed by atoms with Crippen molar-refractivity contribution in [1.82, 2.24) is 20.1 Å². The van der Waals surface area contributed by atoms with E-state index in [-0.39, 0.29) is 0 Å². The van der Waals surface area contributed by atoms with Gasteiger partial charge < -0.3 is 14.6 Å². The van der Waals surface area contributed by atoms with Crippen molar-refractivity contribution >= 4 is 5.96 Å². The smallest absolute Gasteiger partial charge is 0.208 e. The van der Waals surface area contributed by atoms with E-state index in [4.69, 9.17) is 4.42 Å². The quantitative estimate of drug-likeness (QED) is 0.568. The Bertz CT molecular complexity index is 835. The number of rotatable bonds is 6. The van der Waals surface area contributed by atoms with Gasteiger partial charge in [-0.2, -0.15) is 0 Å². The summed E-state index contributed by atoms with van der Waals surface area (Å²) in [6, 6.07) is 10.9. The van der Waals surface area contributed by atoms with Crippen LogP contribution < -0.4 is 5.32 Å². The molecule has 0 spiro atoms. The average molecular weight is 424 g/mol. The van der Waals surface area contributed by atoms with Crippen molar-refractivity contribution in [2.75, 3.05) is 39.8 Å².